The van der Waals surface area contributed by atoms with Gasteiger partial charge in [0.15, 0.2) is 0 Å². The molecular weight excluding hydrogens is 562 g/mol. The van der Waals surface area contributed by atoms with Crippen LogP contribution in [0.25, 0.3) is 0 Å². The molecule has 0 saturated heterocycles. The monoisotopic (exact) mass is 589 g/mol. The highest BCUT2D eigenvalue weighted by atomic mass is 16.5. The summed E-state index contributed by atoms with van der Waals surface area (Å²) in [6.45, 7) is 0.127. The van der Waals surface area contributed by atoms with E-state index in [1.807, 2.05) is 0 Å². The van der Waals surface area contributed by atoms with Gasteiger partial charge >= 0.3 is 29.0 Å². The van der Waals surface area contributed by atoms with Gasteiger partial charge in [-0.05, 0) is 24.3 Å². The Hall–Kier alpha value is -5.35. The largest absolute Gasteiger partial charge is 0.508 e. The number of rotatable bonds is 12. The van der Waals surface area contributed by atoms with Crippen LogP contribution in [0.15, 0.2) is 63.4 Å². The number of ether oxygens (including phenoxy) is 2. The SMILES string of the molecule is C=CCn1c(=O)n(CC(O)COC(=O)c2cc(O)cc(O)c2)c(=O)n(CC(O)COC(=O)c2cc(O)cc(O)c2)c1=O. The molecular formula is C26H27N3O13. The van der Waals surface area contributed by atoms with Gasteiger partial charge in [0.25, 0.3) is 0 Å². The second-order valence-electron chi connectivity index (χ2n) is 8.95. The quantitative estimate of drug-likeness (QED) is 0.106. The van der Waals surface area contributed by atoms with E-state index in [1.165, 1.54) is 6.08 Å². The normalized spacial score (nSPS) is 12.3. The first-order valence-corrected chi connectivity index (χ1v) is 12.1. The van der Waals surface area contributed by atoms with Crippen LogP contribution < -0.4 is 17.1 Å². The van der Waals surface area contributed by atoms with Gasteiger partial charge in [-0.25, -0.2) is 37.7 Å². The van der Waals surface area contributed by atoms with Crippen LogP contribution >= 0.6 is 0 Å². The Morgan fingerprint density at radius 1 is 0.667 bits per heavy atom. The summed E-state index contributed by atoms with van der Waals surface area (Å²) in [4.78, 5) is 63.1. The Morgan fingerprint density at radius 3 is 1.33 bits per heavy atom. The topological polar surface area (TPSA) is 240 Å². The molecule has 42 heavy (non-hydrogen) atoms. The molecule has 16 heteroatoms. The van der Waals surface area contributed by atoms with Crippen molar-refractivity contribution in [3.05, 3.63) is 91.6 Å². The van der Waals surface area contributed by atoms with E-state index in [9.17, 15) is 54.6 Å². The molecule has 6 N–H and O–H groups in total. The molecule has 3 rings (SSSR count). The van der Waals surface area contributed by atoms with Crippen molar-refractivity contribution in [2.45, 2.75) is 31.8 Å². The number of phenolic OH excluding ortho intramolecular Hbond substituents is 4. The van der Waals surface area contributed by atoms with E-state index in [-0.39, 0.29) is 17.7 Å². The van der Waals surface area contributed by atoms with Crippen molar-refractivity contribution >= 4 is 11.9 Å². The van der Waals surface area contributed by atoms with Crippen LogP contribution in [0, 0.1) is 0 Å². The van der Waals surface area contributed by atoms with Gasteiger partial charge in [0.05, 0.1) is 30.8 Å². The number of aliphatic hydroxyl groups is 2. The number of carbonyl (C=O) groups is 2. The van der Waals surface area contributed by atoms with Gasteiger partial charge in [0, 0.05) is 12.1 Å². The number of benzene rings is 2. The number of aliphatic hydroxyl groups excluding tert-OH is 2. The Morgan fingerprint density at radius 2 is 1.00 bits per heavy atom. The zero-order valence-electron chi connectivity index (χ0n) is 21.8. The second-order valence-corrected chi connectivity index (χ2v) is 8.95. The predicted octanol–water partition coefficient (Wildman–Crippen LogP) is -1.38. The molecule has 0 amide bonds. The van der Waals surface area contributed by atoms with E-state index in [2.05, 4.69) is 6.58 Å². The summed E-state index contributed by atoms with van der Waals surface area (Å²) in [5, 5.41) is 58.8. The van der Waals surface area contributed by atoms with Crippen molar-refractivity contribution in [3.63, 3.8) is 0 Å². The molecule has 0 aliphatic heterocycles. The fraction of sp³-hybridized carbons (Fsp3) is 0.269. The Bertz CT molecular complexity index is 1520. The Kier molecular flexibility index (Phi) is 9.90. The zero-order valence-corrected chi connectivity index (χ0v) is 21.8. The van der Waals surface area contributed by atoms with E-state index < -0.39 is 90.5 Å². The van der Waals surface area contributed by atoms with Crippen LogP contribution in [0.1, 0.15) is 20.7 Å². The summed E-state index contributed by atoms with van der Waals surface area (Å²) in [7, 11) is 0. The van der Waals surface area contributed by atoms with Crippen LogP contribution in [0.3, 0.4) is 0 Å². The summed E-state index contributed by atoms with van der Waals surface area (Å²) < 4.78 is 11.4. The minimum Gasteiger partial charge on any atom is -0.508 e. The molecule has 0 spiro atoms. The number of allylic oxidation sites excluding steroid dienone is 1. The summed E-state index contributed by atoms with van der Waals surface area (Å²) in [6, 6.07) is 5.95. The smallest absolute Gasteiger partial charge is 0.338 e. The lowest BCUT2D eigenvalue weighted by molar-refractivity contribution is 0.0188. The van der Waals surface area contributed by atoms with Crippen LogP contribution in [0.4, 0.5) is 0 Å². The van der Waals surface area contributed by atoms with Crippen molar-refractivity contribution in [3.8, 4) is 23.0 Å². The standard InChI is InChI=1S/C26H27N3O13/c1-2-3-27-24(38)28(10-20(34)12-41-22(36)14-4-16(30)8-17(31)5-14)26(40)29(25(27)39)11-21(35)13-42-23(37)15-6-18(32)9-19(33)7-15/h2,4-9,20-21,30-35H,1,3,10-13H2. The number of phenols is 4. The highest BCUT2D eigenvalue weighted by Crippen LogP contribution is 2.22. The van der Waals surface area contributed by atoms with Gasteiger partial charge in [-0.15, -0.1) is 6.58 Å². The molecule has 16 nitrogen and oxygen atoms in total. The van der Waals surface area contributed by atoms with Crippen molar-refractivity contribution in [2.75, 3.05) is 13.2 Å². The third-order valence-corrected chi connectivity index (χ3v) is 5.57. The molecule has 3 aromatic rings. The first kappa shape index (κ1) is 31.2. The van der Waals surface area contributed by atoms with E-state index in [1.54, 1.807) is 0 Å². The number of hydrogen-bond acceptors (Lipinski definition) is 13. The van der Waals surface area contributed by atoms with Gasteiger partial charge in [-0.1, -0.05) is 6.08 Å². The van der Waals surface area contributed by atoms with Crippen LogP contribution in [0.2, 0.25) is 0 Å². The summed E-state index contributed by atoms with van der Waals surface area (Å²) in [5.41, 5.74) is -3.98. The van der Waals surface area contributed by atoms with Gasteiger partial charge in [-0.3, -0.25) is 0 Å². The second kappa shape index (κ2) is 13.3. The third kappa shape index (κ3) is 7.64. The summed E-state index contributed by atoms with van der Waals surface area (Å²) in [5.74, 6) is -3.77. The predicted molar refractivity (Wildman–Crippen MR) is 142 cm³/mol. The Labute approximate surface area is 235 Å². The summed E-state index contributed by atoms with van der Waals surface area (Å²) >= 11 is 0. The average molecular weight is 590 g/mol. The maximum absolute atomic E-state index is 13.0. The molecule has 0 aliphatic carbocycles. The highest BCUT2D eigenvalue weighted by Gasteiger charge is 2.22. The lowest BCUT2D eigenvalue weighted by Crippen LogP contribution is -2.56. The first-order chi connectivity index (χ1) is 19.8. The lowest BCUT2D eigenvalue weighted by Gasteiger charge is -2.18. The zero-order chi connectivity index (χ0) is 31.1. The molecule has 0 saturated carbocycles. The number of carbonyl (C=O) groups excluding carboxylic acids is 2. The molecule has 2 unspecified atom stereocenters. The van der Waals surface area contributed by atoms with Crippen LogP contribution in [0.5, 0.6) is 23.0 Å². The fourth-order valence-electron chi connectivity index (χ4n) is 3.74. The molecule has 224 valence electrons. The van der Waals surface area contributed by atoms with Crippen molar-refractivity contribution < 1.29 is 49.7 Å². The van der Waals surface area contributed by atoms with Crippen LogP contribution in [-0.2, 0) is 29.1 Å². The van der Waals surface area contributed by atoms with Gasteiger partial charge < -0.3 is 40.1 Å². The summed E-state index contributed by atoms with van der Waals surface area (Å²) in [6.07, 6.45) is -2.09. The van der Waals surface area contributed by atoms with Gasteiger partial charge in [0.1, 0.15) is 48.4 Å². The van der Waals surface area contributed by atoms with Crippen molar-refractivity contribution in [1.29, 1.82) is 0 Å². The molecule has 2 atom stereocenters. The molecule has 1 aromatic heterocycles. The molecule has 0 fully saturated rings. The Balaban J connectivity index is 1.76. The first-order valence-electron chi connectivity index (χ1n) is 12.1. The third-order valence-electron chi connectivity index (χ3n) is 5.57. The number of esters is 2. The highest BCUT2D eigenvalue weighted by molar-refractivity contribution is 5.91. The minimum absolute atomic E-state index is 0.241. The fourth-order valence-corrected chi connectivity index (χ4v) is 3.74. The maximum atomic E-state index is 13.0. The molecule has 2 aromatic carbocycles. The minimum atomic E-state index is -1.64. The molecule has 0 aliphatic rings. The van der Waals surface area contributed by atoms with E-state index in [0.717, 1.165) is 36.4 Å². The van der Waals surface area contributed by atoms with Crippen molar-refractivity contribution in [2.24, 2.45) is 0 Å². The van der Waals surface area contributed by atoms with E-state index in [4.69, 9.17) is 9.47 Å². The van der Waals surface area contributed by atoms with E-state index >= 15 is 0 Å². The van der Waals surface area contributed by atoms with E-state index in [0.29, 0.717) is 13.7 Å². The van der Waals surface area contributed by atoms with Gasteiger partial charge in [0.2, 0.25) is 0 Å². The number of hydrogen-bond donors (Lipinski definition) is 6. The molecule has 1 heterocycles. The average Bonchev–Trinajstić information content (AvgIpc) is 2.92. The lowest BCUT2D eigenvalue weighted by atomic mass is 10.2. The number of aromatic hydroxyl groups is 4. The number of nitrogens with zero attached hydrogens (tertiary/aromatic N) is 3. The van der Waals surface area contributed by atoms with Crippen LogP contribution in [-0.4, -0.2) is 81.7 Å². The molecule has 0 radical (unpaired) electrons. The van der Waals surface area contributed by atoms with Gasteiger partial charge in [-0.2, -0.15) is 0 Å². The maximum Gasteiger partial charge on any atom is 0.338 e. The number of aromatic nitrogens is 3. The van der Waals surface area contributed by atoms with Crippen molar-refractivity contribution in [1.82, 2.24) is 13.7 Å². The molecule has 0 bridgehead atoms.